The highest BCUT2D eigenvalue weighted by Gasteiger charge is 2.24. The third-order valence-electron chi connectivity index (χ3n) is 4.93. The van der Waals surface area contributed by atoms with Crippen LogP contribution in [0.15, 0.2) is 47.3 Å². The summed E-state index contributed by atoms with van der Waals surface area (Å²) in [6.07, 6.45) is 5.65. The van der Waals surface area contributed by atoms with E-state index in [0.29, 0.717) is 29.6 Å². The molecule has 1 amide bonds. The number of hydrogen-bond donors (Lipinski definition) is 0. The van der Waals surface area contributed by atoms with Gasteiger partial charge in [-0.3, -0.25) is 14.4 Å². The maximum atomic E-state index is 12.8. The highest BCUT2D eigenvalue weighted by molar-refractivity contribution is 9.10. The monoisotopic (exact) mass is 492 g/mol. The Morgan fingerprint density at radius 2 is 2.03 bits per heavy atom. The van der Waals surface area contributed by atoms with Crippen molar-refractivity contribution in [3.63, 3.8) is 0 Å². The minimum atomic E-state index is -0.0533. The van der Waals surface area contributed by atoms with Crippen LogP contribution in [0.5, 0.6) is 5.75 Å². The van der Waals surface area contributed by atoms with Crippen molar-refractivity contribution in [3.8, 4) is 5.75 Å². The van der Waals surface area contributed by atoms with Gasteiger partial charge in [-0.15, -0.1) is 0 Å². The van der Waals surface area contributed by atoms with Crippen molar-refractivity contribution in [2.45, 2.75) is 13.3 Å². The van der Waals surface area contributed by atoms with Gasteiger partial charge in [0.1, 0.15) is 5.75 Å². The lowest BCUT2D eigenvalue weighted by atomic mass is 10.2. The molecule has 0 N–H and O–H groups in total. The number of piperazine rings is 1. The van der Waals surface area contributed by atoms with Gasteiger partial charge in [0.25, 0.3) is 5.91 Å². The minimum absolute atomic E-state index is 0.0533. The molecule has 0 spiro atoms. The van der Waals surface area contributed by atoms with Crippen molar-refractivity contribution in [1.82, 2.24) is 29.4 Å². The molecule has 3 heterocycles. The van der Waals surface area contributed by atoms with Crippen molar-refractivity contribution in [3.05, 3.63) is 63.6 Å². The first kappa shape index (κ1) is 20.9. The van der Waals surface area contributed by atoms with Crippen LogP contribution >= 0.6 is 27.5 Å². The summed E-state index contributed by atoms with van der Waals surface area (Å²) in [7, 11) is 1.92. The third kappa shape index (κ3) is 5.03. The van der Waals surface area contributed by atoms with E-state index in [2.05, 4.69) is 31.0 Å². The van der Waals surface area contributed by atoms with E-state index in [4.69, 9.17) is 16.3 Å². The number of aryl methyl sites for hydroxylation is 1. The molecule has 158 valence electrons. The lowest BCUT2D eigenvalue weighted by Gasteiger charge is -2.34. The third-order valence-corrected chi connectivity index (χ3v) is 5.78. The lowest BCUT2D eigenvalue weighted by molar-refractivity contribution is 0.0621. The number of halogens is 2. The van der Waals surface area contributed by atoms with Crippen LogP contribution in [0.2, 0.25) is 5.02 Å². The maximum Gasteiger partial charge on any atom is 0.274 e. The Morgan fingerprint density at radius 3 is 2.73 bits per heavy atom. The number of carbonyl (C=O) groups excluding carboxylic acids is 1. The molecule has 4 rings (SSSR count). The van der Waals surface area contributed by atoms with E-state index in [1.165, 1.54) is 5.56 Å². The van der Waals surface area contributed by atoms with Crippen LogP contribution in [0.25, 0.3) is 0 Å². The fourth-order valence-electron chi connectivity index (χ4n) is 3.36. The average Bonchev–Trinajstić information content (AvgIpc) is 3.36. The summed E-state index contributed by atoms with van der Waals surface area (Å²) < 4.78 is 9.92. The predicted octanol–water partition coefficient (Wildman–Crippen LogP) is 3.03. The molecule has 1 aliphatic heterocycles. The molecule has 30 heavy (non-hydrogen) atoms. The van der Waals surface area contributed by atoms with Crippen LogP contribution in [0.4, 0.5) is 0 Å². The summed E-state index contributed by atoms with van der Waals surface area (Å²) >= 11 is 9.36. The van der Waals surface area contributed by atoms with Gasteiger partial charge in [-0.2, -0.15) is 10.2 Å². The molecule has 0 saturated carbocycles. The number of ether oxygens (including phenoxy) is 1. The summed E-state index contributed by atoms with van der Waals surface area (Å²) in [5, 5.41) is 9.20. The lowest BCUT2D eigenvalue weighted by Crippen LogP contribution is -2.48. The smallest absolute Gasteiger partial charge is 0.274 e. The summed E-state index contributed by atoms with van der Waals surface area (Å²) in [6.45, 7) is 4.07. The van der Waals surface area contributed by atoms with Gasteiger partial charge in [0.15, 0.2) is 12.4 Å². The number of amides is 1. The molecule has 8 nitrogen and oxygen atoms in total. The highest BCUT2D eigenvalue weighted by Crippen LogP contribution is 2.28. The van der Waals surface area contributed by atoms with Crippen LogP contribution in [0, 0.1) is 0 Å². The van der Waals surface area contributed by atoms with E-state index in [1.807, 2.05) is 24.3 Å². The Labute approximate surface area is 188 Å². The van der Waals surface area contributed by atoms with Gasteiger partial charge in [-0.05, 0) is 40.2 Å². The van der Waals surface area contributed by atoms with Crippen molar-refractivity contribution in [1.29, 1.82) is 0 Å². The van der Waals surface area contributed by atoms with Crippen molar-refractivity contribution in [2.75, 3.05) is 26.2 Å². The molecule has 0 bridgehead atoms. The Bertz CT molecular complexity index is 1030. The topological polar surface area (TPSA) is 68.4 Å². The fraction of sp³-hybridized carbons (Fsp3) is 0.350. The Balaban J connectivity index is 1.28. The Kier molecular flexibility index (Phi) is 6.40. The Morgan fingerprint density at radius 1 is 1.23 bits per heavy atom. The number of benzene rings is 1. The normalized spacial score (nSPS) is 14.8. The number of aromatic nitrogens is 4. The van der Waals surface area contributed by atoms with Gasteiger partial charge in [0, 0.05) is 62.8 Å². The van der Waals surface area contributed by atoms with Gasteiger partial charge >= 0.3 is 0 Å². The molecule has 0 unspecified atom stereocenters. The molecular formula is C20H22BrClN6O2. The molecule has 1 saturated heterocycles. The highest BCUT2D eigenvalue weighted by atomic mass is 79.9. The standard InChI is InChI=1S/C20H22BrClN6O2/c1-25-12-15(11-23-25)13-26-6-8-27(9-7-26)20(29)18-4-5-28(24-18)14-30-19-3-2-16(22)10-17(19)21/h2-5,10-12H,6-9,13-14H2,1H3. The van der Waals surface area contributed by atoms with Crippen LogP contribution in [0.1, 0.15) is 16.1 Å². The molecule has 0 aliphatic carbocycles. The second-order valence-electron chi connectivity index (χ2n) is 7.18. The van der Waals surface area contributed by atoms with Crippen molar-refractivity contribution < 1.29 is 9.53 Å². The summed E-state index contributed by atoms with van der Waals surface area (Å²) in [4.78, 5) is 17.0. The first-order valence-corrected chi connectivity index (χ1v) is 10.8. The zero-order valence-corrected chi connectivity index (χ0v) is 18.9. The van der Waals surface area contributed by atoms with E-state index in [0.717, 1.165) is 24.1 Å². The quantitative estimate of drug-likeness (QED) is 0.528. The van der Waals surface area contributed by atoms with E-state index in [1.54, 1.807) is 39.8 Å². The number of nitrogens with zero attached hydrogens (tertiary/aromatic N) is 6. The molecule has 2 aromatic heterocycles. The molecule has 1 fully saturated rings. The van der Waals surface area contributed by atoms with Gasteiger partial charge < -0.3 is 9.64 Å². The zero-order valence-electron chi connectivity index (χ0n) is 16.5. The summed E-state index contributed by atoms with van der Waals surface area (Å²) in [5.41, 5.74) is 1.61. The number of carbonyl (C=O) groups is 1. The molecule has 0 radical (unpaired) electrons. The summed E-state index contributed by atoms with van der Waals surface area (Å²) in [6, 6.07) is 7.04. The fourth-order valence-corrected chi connectivity index (χ4v) is 4.16. The Hall–Kier alpha value is -2.36. The average molecular weight is 494 g/mol. The van der Waals surface area contributed by atoms with E-state index < -0.39 is 0 Å². The first-order chi connectivity index (χ1) is 14.5. The van der Waals surface area contributed by atoms with Gasteiger partial charge in [-0.1, -0.05) is 11.6 Å². The van der Waals surface area contributed by atoms with Crippen LogP contribution in [-0.2, 0) is 20.3 Å². The van der Waals surface area contributed by atoms with Crippen LogP contribution < -0.4 is 4.74 Å². The van der Waals surface area contributed by atoms with Gasteiger partial charge in [-0.25, -0.2) is 4.68 Å². The van der Waals surface area contributed by atoms with E-state index >= 15 is 0 Å². The van der Waals surface area contributed by atoms with Crippen molar-refractivity contribution >= 4 is 33.4 Å². The van der Waals surface area contributed by atoms with Crippen LogP contribution in [0.3, 0.4) is 0 Å². The SMILES string of the molecule is Cn1cc(CN2CCN(C(=O)c3ccn(COc4ccc(Cl)cc4Br)n3)CC2)cn1. The second kappa shape index (κ2) is 9.20. The largest absolute Gasteiger partial charge is 0.470 e. The summed E-state index contributed by atoms with van der Waals surface area (Å²) in [5.74, 6) is 0.606. The predicted molar refractivity (Wildman–Crippen MR) is 116 cm³/mol. The molecule has 0 atom stereocenters. The minimum Gasteiger partial charge on any atom is -0.470 e. The van der Waals surface area contributed by atoms with Crippen molar-refractivity contribution in [2.24, 2.45) is 7.05 Å². The van der Waals surface area contributed by atoms with Crippen LogP contribution in [-0.4, -0.2) is 61.4 Å². The number of hydrogen-bond acceptors (Lipinski definition) is 5. The maximum absolute atomic E-state index is 12.8. The van der Waals surface area contributed by atoms with Gasteiger partial charge in [0.2, 0.25) is 0 Å². The molecule has 3 aromatic rings. The van der Waals surface area contributed by atoms with E-state index in [9.17, 15) is 4.79 Å². The molecule has 10 heteroatoms. The van der Waals surface area contributed by atoms with Gasteiger partial charge in [0.05, 0.1) is 10.7 Å². The molecular weight excluding hydrogens is 472 g/mol. The molecule has 1 aromatic carbocycles. The van der Waals surface area contributed by atoms with E-state index in [-0.39, 0.29) is 12.6 Å². The number of rotatable bonds is 6. The zero-order chi connectivity index (χ0) is 21.1. The molecule has 1 aliphatic rings. The first-order valence-electron chi connectivity index (χ1n) is 9.58. The second-order valence-corrected chi connectivity index (χ2v) is 8.47.